The third-order valence-electron chi connectivity index (χ3n) is 5.63. The number of rotatable bonds is 8. The highest BCUT2D eigenvalue weighted by Gasteiger charge is 2.25. The number of halogens is 1. The summed E-state index contributed by atoms with van der Waals surface area (Å²) in [6.07, 6.45) is 4.31. The Morgan fingerprint density at radius 3 is 2.57 bits per heavy atom. The molecule has 4 nitrogen and oxygen atoms in total. The molecule has 1 atom stereocenters. The number of nitrogens with zero attached hydrogens (tertiary/aromatic N) is 1. The van der Waals surface area contributed by atoms with E-state index in [0.29, 0.717) is 24.7 Å². The van der Waals surface area contributed by atoms with Crippen molar-refractivity contribution in [2.75, 3.05) is 19.6 Å². The summed E-state index contributed by atoms with van der Waals surface area (Å²) < 4.78 is 7.20. The second-order valence-electron chi connectivity index (χ2n) is 7.42. The largest absolute Gasteiger partial charge is 0.455 e. The Bertz CT molecular complexity index is 935. The Hall–Kier alpha value is -2.11. The second kappa shape index (κ2) is 10.3. The van der Waals surface area contributed by atoms with E-state index in [-0.39, 0.29) is 5.91 Å². The third kappa shape index (κ3) is 4.62. The van der Waals surface area contributed by atoms with Gasteiger partial charge in [-0.25, -0.2) is 0 Å². The van der Waals surface area contributed by atoms with Gasteiger partial charge >= 0.3 is 0 Å². The van der Waals surface area contributed by atoms with Crippen LogP contribution in [0.25, 0.3) is 5.57 Å². The van der Waals surface area contributed by atoms with Gasteiger partial charge < -0.3 is 15.0 Å². The monoisotopic (exact) mass is 470 g/mol. The molecule has 3 rings (SSSR count). The summed E-state index contributed by atoms with van der Waals surface area (Å²) in [4.78, 5) is 14.7. The zero-order chi connectivity index (χ0) is 21.7. The molecule has 2 aromatic rings. The average Bonchev–Trinajstić information content (AvgIpc) is 2.76. The van der Waals surface area contributed by atoms with Crippen molar-refractivity contribution in [1.82, 2.24) is 10.2 Å². The van der Waals surface area contributed by atoms with Crippen LogP contribution >= 0.6 is 15.9 Å². The predicted octanol–water partition coefficient (Wildman–Crippen LogP) is 6.25. The molecule has 1 heterocycles. The van der Waals surface area contributed by atoms with Crippen molar-refractivity contribution in [3.8, 4) is 11.5 Å². The van der Waals surface area contributed by atoms with Gasteiger partial charge in [-0.05, 0) is 79.0 Å². The number of carbonyl (C=O) groups excluding carboxylic acids is 1. The van der Waals surface area contributed by atoms with Crippen LogP contribution < -0.4 is 10.1 Å². The summed E-state index contributed by atoms with van der Waals surface area (Å²) in [6, 6.07) is 12.4. The molecule has 30 heavy (non-hydrogen) atoms. The van der Waals surface area contributed by atoms with E-state index >= 15 is 0 Å². The Kier molecular flexibility index (Phi) is 7.73. The van der Waals surface area contributed by atoms with Crippen LogP contribution in [0.15, 0.2) is 46.9 Å². The van der Waals surface area contributed by atoms with Crippen LogP contribution in [0, 0.1) is 0 Å². The number of para-hydroxylation sites is 1. The minimum atomic E-state index is 0.0352. The van der Waals surface area contributed by atoms with Crippen LogP contribution in [0.5, 0.6) is 11.5 Å². The zero-order valence-corrected chi connectivity index (χ0v) is 19.9. The topological polar surface area (TPSA) is 41.6 Å². The van der Waals surface area contributed by atoms with Crippen molar-refractivity contribution < 1.29 is 9.53 Å². The molecule has 160 valence electrons. The second-order valence-corrected chi connectivity index (χ2v) is 8.28. The van der Waals surface area contributed by atoms with Crippen LogP contribution in [-0.2, 0) is 0 Å². The number of hydrogen-bond donors (Lipinski definition) is 1. The van der Waals surface area contributed by atoms with Crippen LogP contribution in [0.2, 0.25) is 0 Å². The Labute approximate surface area is 188 Å². The highest BCUT2D eigenvalue weighted by molar-refractivity contribution is 9.10. The van der Waals surface area contributed by atoms with E-state index in [1.54, 1.807) is 0 Å². The molecule has 0 fully saturated rings. The molecule has 1 aliphatic rings. The number of ether oxygens (including phenoxy) is 1. The molecule has 1 amide bonds. The van der Waals surface area contributed by atoms with Crippen molar-refractivity contribution in [2.24, 2.45) is 0 Å². The average molecular weight is 471 g/mol. The van der Waals surface area contributed by atoms with Crippen LogP contribution in [0.1, 0.15) is 62.0 Å². The van der Waals surface area contributed by atoms with Gasteiger partial charge in [0.1, 0.15) is 11.5 Å². The lowest BCUT2D eigenvalue weighted by Gasteiger charge is -2.26. The van der Waals surface area contributed by atoms with Gasteiger partial charge in [0, 0.05) is 35.8 Å². The standard InChI is InChI=1S/C25H31BrN2O2/c1-5-18(27-6-2)13-15-19-20-14-12-17(25(29)28(7-3)8-4)16-23(20)30-24-21(19)10-9-11-22(24)26/h9-12,14-16,18,27H,5-8,13H2,1-4H3/b19-15+. The number of carbonyl (C=O) groups is 1. The Morgan fingerprint density at radius 2 is 1.90 bits per heavy atom. The van der Waals surface area contributed by atoms with Gasteiger partial charge in [0.05, 0.1) is 4.47 Å². The molecule has 0 saturated carbocycles. The number of fused-ring (bicyclic) bond motifs is 2. The molecule has 0 aliphatic carbocycles. The van der Waals surface area contributed by atoms with E-state index in [2.05, 4.69) is 47.2 Å². The van der Waals surface area contributed by atoms with Gasteiger partial charge in [-0.3, -0.25) is 4.79 Å². The van der Waals surface area contributed by atoms with Gasteiger partial charge in [0.25, 0.3) is 5.91 Å². The van der Waals surface area contributed by atoms with Crippen molar-refractivity contribution in [2.45, 2.75) is 46.6 Å². The molecule has 1 aliphatic heterocycles. The fraction of sp³-hybridized carbons (Fsp3) is 0.400. The lowest BCUT2D eigenvalue weighted by atomic mass is 9.91. The maximum atomic E-state index is 12.9. The fourth-order valence-corrected chi connectivity index (χ4v) is 4.35. The van der Waals surface area contributed by atoms with E-state index in [9.17, 15) is 4.79 Å². The molecular weight excluding hydrogens is 440 g/mol. The summed E-state index contributed by atoms with van der Waals surface area (Å²) in [6.45, 7) is 10.7. The first-order chi connectivity index (χ1) is 14.5. The first-order valence-corrected chi connectivity index (χ1v) is 11.7. The van der Waals surface area contributed by atoms with Gasteiger partial charge in [0.2, 0.25) is 0 Å². The minimum absolute atomic E-state index is 0.0352. The van der Waals surface area contributed by atoms with Gasteiger partial charge in [-0.1, -0.05) is 32.1 Å². The van der Waals surface area contributed by atoms with E-state index in [4.69, 9.17) is 4.74 Å². The van der Waals surface area contributed by atoms with Gasteiger partial charge in [-0.2, -0.15) is 0 Å². The maximum absolute atomic E-state index is 12.9. The summed E-state index contributed by atoms with van der Waals surface area (Å²) in [5.41, 5.74) is 3.92. The number of amides is 1. The third-order valence-corrected chi connectivity index (χ3v) is 6.26. The quantitative estimate of drug-likeness (QED) is 0.423. The van der Waals surface area contributed by atoms with Crippen molar-refractivity contribution >= 4 is 27.4 Å². The molecule has 2 aromatic carbocycles. The van der Waals surface area contributed by atoms with Crippen LogP contribution in [-0.4, -0.2) is 36.5 Å². The van der Waals surface area contributed by atoms with E-state index < -0.39 is 0 Å². The Balaban J connectivity index is 2.05. The lowest BCUT2D eigenvalue weighted by molar-refractivity contribution is 0.0772. The fourth-order valence-electron chi connectivity index (χ4n) is 3.90. The Morgan fingerprint density at radius 1 is 1.13 bits per heavy atom. The molecule has 0 aromatic heterocycles. The van der Waals surface area contributed by atoms with Crippen molar-refractivity contribution in [3.05, 3.63) is 63.6 Å². The van der Waals surface area contributed by atoms with Crippen molar-refractivity contribution in [3.63, 3.8) is 0 Å². The summed E-state index contributed by atoms with van der Waals surface area (Å²) in [7, 11) is 0. The number of benzene rings is 2. The SMILES string of the molecule is CCNC(CC)C/C=C1\c2ccc(C(=O)N(CC)CC)cc2Oc2c(Br)cccc21. The maximum Gasteiger partial charge on any atom is 0.253 e. The van der Waals surface area contributed by atoms with Crippen molar-refractivity contribution in [1.29, 1.82) is 0 Å². The van der Waals surface area contributed by atoms with Gasteiger partial charge in [0.15, 0.2) is 0 Å². The zero-order valence-electron chi connectivity index (χ0n) is 18.3. The molecule has 0 spiro atoms. The minimum Gasteiger partial charge on any atom is -0.455 e. The number of hydrogen-bond acceptors (Lipinski definition) is 3. The predicted molar refractivity (Wildman–Crippen MR) is 127 cm³/mol. The highest BCUT2D eigenvalue weighted by atomic mass is 79.9. The lowest BCUT2D eigenvalue weighted by Crippen LogP contribution is -2.30. The van der Waals surface area contributed by atoms with Crippen LogP contribution in [0.4, 0.5) is 0 Å². The summed E-state index contributed by atoms with van der Waals surface area (Å²) in [5, 5.41) is 3.55. The molecular formula is C25H31BrN2O2. The first kappa shape index (κ1) is 22.6. The first-order valence-electron chi connectivity index (χ1n) is 10.9. The molecule has 0 bridgehead atoms. The normalized spacial score (nSPS) is 14.6. The number of nitrogens with one attached hydrogen (secondary N) is 1. The molecule has 0 radical (unpaired) electrons. The molecule has 5 heteroatoms. The summed E-state index contributed by atoms with van der Waals surface area (Å²) in [5.74, 6) is 1.57. The molecule has 1 unspecified atom stereocenters. The van der Waals surface area contributed by atoms with E-state index in [0.717, 1.165) is 52.1 Å². The smallest absolute Gasteiger partial charge is 0.253 e. The molecule has 0 saturated heterocycles. The van der Waals surface area contributed by atoms with E-state index in [1.807, 2.05) is 49.1 Å². The van der Waals surface area contributed by atoms with E-state index in [1.165, 1.54) is 0 Å². The summed E-state index contributed by atoms with van der Waals surface area (Å²) >= 11 is 3.63. The van der Waals surface area contributed by atoms with Crippen LogP contribution in [0.3, 0.4) is 0 Å². The highest BCUT2D eigenvalue weighted by Crippen LogP contribution is 2.47. The molecule has 1 N–H and O–H groups in total. The van der Waals surface area contributed by atoms with Gasteiger partial charge in [-0.15, -0.1) is 0 Å².